The summed E-state index contributed by atoms with van der Waals surface area (Å²) >= 11 is 1.64. The second-order valence-corrected chi connectivity index (χ2v) is 6.58. The van der Waals surface area contributed by atoms with Crippen LogP contribution in [0.1, 0.15) is 22.3 Å². The van der Waals surface area contributed by atoms with Crippen LogP contribution in [0.5, 0.6) is 0 Å². The van der Waals surface area contributed by atoms with Gasteiger partial charge in [-0.1, -0.05) is 12.1 Å². The van der Waals surface area contributed by atoms with Crippen molar-refractivity contribution in [3.8, 4) is 0 Å². The van der Waals surface area contributed by atoms with Crippen molar-refractivity contribution in [1.82, 2.24) is 10.6 Å². The summed E-state index contributed by atoms with van der Waals surface area (Å²) in [7, 11) is 1.66. The van der Waals surface area contributed by atoms with Crippen LogP contribution in [0.3, 0.4) is 0 Å². The van der Waals surface area contributed by atoms with E-state index in [0.717, 1.165) is 22.4 Å². The van der Waals surface area contributed by atoms with Crippen molar-refractivity contribution in [3.05, 3.63) is 70.3 Å². The van der Waals surface area contributed by atoms with Crippen LogP contribution >= 0.6 is 11.8 Å². The van der Waals surface area contributed by atoms with Crippen molar-refractivity contribution in [1.29, 1.82) is 0 Å². The molecule has 0 saturated heterocycles. The highest BCUT2D eigenvalue weighted by Gasteiger charge is 2.07. The molecule has 7 heteroatoms. The average Bonchev–Trinajstić information content (AvgIpc) is 2.64. The largest absolute Gasteiger partial charge is 0.392 e. The van der Waals surface area contributed by atoms with Gasteiger partial charge in [0.2, 0.25) is 0 Å². The lowest BCUT2D eigenvalue weighted by molar-refractivity contribution is 0.275. The quantitative estimate of drug-likeness (QED) is 0.511. The Labute approximate surface area is 156 Å². The van der Waals surface area contributed by atoms with E-state index < -0.39 is 5.82 Å². The molecule has 0 aliphatic carbocycles. The van der Waals surface area contributed by atoms with E-state index in [9.17, 15) is 8.78 Å². The van der Waals surface area contributed by atoms with Gasteiger partial charge in [-0.25, -0.2) is 8.78 Å². The molecule has 0 amide bonds. The lowest BCUT2D eigenvalue weighted by Gasteiger charge is -2.14. The fraction of sp³-hybridized carbons (Fsp3) is 0.316. The predicted molar refractivity (Wildman–Crippen MR) is 103 cm³/mol. The smallest absolute Gasteiger partial charge is 0.191 e. The van der Waals surface area contributed by atoms with Gasteiger partial charge in [-0.15, -0.1) is 0 Å². The molecule has 0 aliphatic heterocycles. The van der Waals surface area contributed by atoms with Crippen LogP contribution < -0.4 is 10.6 Å². The molecule has 3 N–H and O–H groups in total. The van der Waals surface area contributed by atoms with E-state index in [1.165, 1.54) is 12.1 Å². The van der Waals surface area contributed by atoms with Gasteiger partial charge in [0.25, 0.3) is 0 Å². The predicted octanol–water partition coefficient (Wildman–Crippen LogP) is 3.19. The summed E-state index contributed by atoms with van der Waals surface area (Å²) in [4.78, 5) is 4.16. The molecular weight excluding hydrogens is 356 g/mol. The number of aliphatic hydroxyl groups is 1. The van der Waals surface area contributed by atoms with Gasteiger partial charge in [-0.05, 0) is 47.2 Å². The number of aliphatic imine (C=N–C) groups is 1. The Kier molecular flexibility index (Phi) is 7.87. The lowest BCUT2D eigenvalue weighted by atomic mass is 10.1. The third-order valence-electron chi connectivity index (χ3n) is 3.88. The lowest BCUT2D eigenvalue weighted by Crippen LogP contribution is -2.36. The van der Waals surface area contributed by atoms with E-state index in [1.54, 1.807) is 43.1 Å². The molecule has 0 fully saturated rings. The van der Waals surface area contributed by atoms with E-state index in [2.05, 4.69) is 15.6 Å². The van der Waals surface area contributed by atoms with Crippen LogP contribution in [0.15, 0.2) is 41.4 Å². The molecule has 0 spiro atoms. The van der Waals surface area contributed by atoms with Gasteiger partial charge < -0.3 is 15.7 Å². The molecule has 4 nitrogen and oxygen atoms in total. The van der Waals surface area contributed by atoms with Crippen LogP contribution in [0.4, 0.5) is 8.78 Å². The minimum Gasteiger partial charge on any atom is -0.392 e. The summed E-state index contributed by atoms with van der Waals surface area (Å²) in [6.07, 6.45) is 1.98. The maximum atomic E-state index is 13.4. The summed E-state index contributed by atoms with van der Waals surface area (Å²) in [6, 6.07) is 9.39. The Morgan fingerprint density at radius 2 is 1.81 bits per heavy atom. The standard InChI is InChI=1S/C19H23F2N3OS/c1-22-19(23-9-13-3-6-18(21)15(7-13)11-25)24-10-14-4-5-17(20)8-16(14)12-26-2/h3-8,25H,9-12H2,1-2H3,(H2,22,23,24). The van der Waals surface area contributed by atoms with Gasteiger partial charge in [0.05, 0.1) is 6.61 Å². The number of rotatable bonds is 7. The molecule has 0 unspecified atom stereocenters. The molecule has 140 valence electrons. The molecule has 0 aliphatic rings. The number of aliphatic hydroxyl groups excluding tert-OH is 1. The first kappa shape index (κ1) is 20.2. The molecule has 0 radical (unpaired) electrons. The van der Waals surface area contributed by atoms with Crippen LogP contribution in [0.2, 0.25) is 0 Å². The highest BCUT2D eigenvalue weighted by atomic mass is 32.2. The zero-order valence-corrected chi connectivity index (χ0v) is 15.7. The number of halogens is 2. The number of guanidine groups is 1. The van der Waals surface area contributed by atoms with Gasteiger partial charge in [0, 0.05) is 31.5 Å². The van der Waals surface area contributed by atoms with Gasteiger partial charge in [0.1, 0.15) is 11.6 Å². The van der Waals surface area contributed by atoms with Crippen molar-refractivity contribution >= 4 is 17.7 Å². The Balaban J connectivity index is 1.96. The SMILES string of the molecule is CN=C(NCc1ccc(F)c(CO)c1)NCc1ccc(F)cc1CSC. The number of nitrogens with zero attached hydrogens (tertiary/aromatic N) is 1. The van der Waals surface area contributed by atoms with E-state index in [1.807, 2.05) is 6.26 Å². The number of thioether (sulfide) groups is 1. The first-order valence-electron chi connectivity index (χ1n) is 8.16. The van der Waals surface area contributed by atoms with Crippen molar-refractivity contribution in [2.75, 3.05) is 13.3 Å². The van der Waals surface area contributed by atoms with Crippen LogP contribution in [-0.4, -0.2) is 24.4 Å². The molecule has 2 aromatic rings. The minimum atomic E-state index is -0.420. The van der Waals surface area contributed by atoms with Crippen LogP contribution in [0, 0.1) is 11.6 Å². The zero-order chi connectivity index (χ0) is 18.9. The van der Waals surface area contributed by atoms with E-state index in [0.29, 0.717) is 19.0 Å². The Hall–Kier alpha value is -2.12. The van der Waals surface area contributed by atoms with Crippen LogP contribution in [0.25, 0.3) is 0 Å². The van der Waals surface area contributed by atoms with Crippen LogP contribution in [-0.2, 0) is 25.4 Å². The monoisotopic (exact) mass is 379 g/mol. The third kappa shape index (κ3) is 5.71. The number of benzene rings is 2. The van der Waals surface area contributed by atoms with E-state index in [4.69, 9.17) is 5.11 Å². The normalized spacial score (nSPS) is 11.5. The summed E-state index contributed by atoms with van der Waals surface area (Å²) in [5.74, 6) is 0.660. The van der Waals surface area contributed by atoms with Gasteiger partial charge >= 0.3 is 0 Å². The molecule has 0 aromatic heterocycles. The summed E-state index contributed by atoms with van der Waals surface area (Å²) in [5, 5.41) is 15.5. The molecule has 26 heavy (non-hydrogen) atoms. The fourth-order valence-corrected chi connectivity index (χ4v) is 3.08. The first-order chi connectivity index (χ1) is 12.6. The summed E-state index contributed by atoms with van der Waals surface area (Å²) in [6.45, 7) is 0.616. The Bertz CT molecular complexity index is 768. The highest BCUT2D eigenvalue weighted by Crippen LogP contribution is 2.16. The second-order valence-electron chi connectivity index (χ2n) is 5.71. The van der Waals surface area contributed by atoms with Gasteiger partial charge in [-0.2, -0.15) is 11.8 Å². The van der Waals surface area contributed by atoms with Gasteiger partial charge in [0.15, 0.2) is 5.96 Å². The topological polar surface area (TPSA) is 56.7 Å². The Morgan fingerprint density at radius 1 is 1.04 bits per heavy atom. The zero-order valence-electron chi connectivity index (χ0n) is 14.9. The maximum absolute atomic E-state index is 13.4. The third-order valence-corrected chi connectivity index (χ3v) is 4.48. The minimum absolute atomic E-state index is 0.240. The molecule has 0 atom stereocenters. The van der Waals surface area contributed by atoms with Gasteiger partial charge in [-0.3, -0.25) is 4.99 Å². The molecule has 2 aromatic carbocycles. The number of hydrogen-bond acceptors (Lipinski definition) is 3. The number of hydrogen-bond donors (Lipinski definition) is 3. The number of nitrogens with one attached hydrogen (secondary N) is 2. The van der Waals surface area contributed by atoms with Crippen molar-refractivity contribution in [2.24, 2.45) is 4.99 Å². The van der Waals surface area contributed by atoms with E-state index in [-0.39, 0.29) is 18.0 Å². The van der Waals surface area contributed by atoms with E-state index >= 15 is 0 Å². The first-order valence-corrected chi connectivity index (χ1v) is 9.55. The second kappa shape index (κ2) is 10.1. The molecule has 0 bridgehead atoms. The highest BCUT2D eigenvalue weighted by molar-refractivity contribution is 7.97. The summed E-state index contributed by atoms with van der Waals surface area (Å²) < 4.78 is 26.9. The Morgan fingerprint density at radius 3 is 2.50 bits per heavy atom. The molecule has 0 heterocycles. The maximum Gasteiger partial charge on any atom is 0.191 e. The molecular formula is C19H23F2N3OS. The van der Waals surface area contributed by atoms with Crippen molar-refractivity contribution in [2.45, 2.75) is 25.4 Å². The molecule has 0 saturated carbocycles. The van der Waals surface area contributed by atoms with Crippen molar-refractivity contribution < 1.29 is 13.9 Å². The molecule has 2 rings (SSSR count). The summed E-state index contributed by atoms with van der Waals surface area (Å²) in [5.41, 5.74) is 3.06. The fourth-order valence-electron chi connectivity index (χ4n) is 2.50. The van der Waals surface area contributed by atoms with Crippen molar-refractivity contribution in [3.63, 3.8) is 0 Å². The average molecular weight is 379 g/mol.